The molecular weight excluding hydrogens is 196 g/mol. The van der Waals surface area contributed by atoms with E-state index in [1.54, 1.807) is 24.3 Å². The van der Waals surface area contributed by atoms with Gasteiger partial charge in [-0.3, -0.25) is 9.59 Å². The normalized spacial score (nSPS) is 16.1. The summed E-state index contributed by atoms with van der Waals surface area (Å²) >= 11 is 0. The highest BCUT2D eigenvalue weighted by Gasteiger charge is 2.51. The number of rotatable bonds is 2. The summed E-state index contributed by atoms with van der Waals surface area (Å²) in [6.45, 7) is 2.54. The van der Waals surface area contributed by atoms with Gasteiger partial charge in [-0.15, -0.1) is 0 Å². The Morgan fingerprint density at radius 3 is 1.73 bits per heavy atom. The zero-order valence-electron chi connectivity index (χ0n) is 8.44. The summed E-state index contributed by atoms with van der Waals surface area (Å²) in [5.74, 6) is -1.84. The molecule has 0 N–H and O–H groups in total. The highest BCUT2D eigenvalue weighted by Crippen LogP contribution is 2.39. The Labute approximate surface area is 86.8 Å². The molecule has 1 heterocycles. The zero-order chi connectivity index (χ0) is 11.1. The molecule has 0 saturated carbocycles. The molecule has 1 aliphatic rings. The summed E-state index contributed by atoms with van der Waals surface area (Å²) in [6.07, 6.45) is 0. The standard InChI is InChI=1S/C11H10O4/c1-7(12)11(8(2)13)14-9-5-3-4-6-10(9)15-11/h3-6H,1-2H3. The molecule has 0 unspecified atom stereocenters. The summed E-state index contributed by atoms with van der Waals surface area (Å²) in [7, 11) is 0. The van der Waals surface area contributed by atoms with Crippen LogP contribution in [-0.2, 0) is 9.59 Å². The number of hydrogen-bond acceptors (Lipinski definition) is 4. The van der Waals surface area contributed by atoms with E-state index in [0.29, 0.717) is 11.5 Å². The van der Waals surface area contributed by atoms with Crippen molar-refractivity contribution in [2.75, 3.05) is 0 Å². The van der Waals surface area contributed by atoms with Crippen LogP contribution in [-0.4, -0.2) is 17.4 Å². The minimum absolute atomic E-state index is 0.419. The first kappa shape index (κ1) is 9.71. The average molecular weight is 206 g/mol. The lowest BCUT2D eigenvalue weighted by atomic mass is 10.1. The minimum atomic E-state index is -1.77. The molecule has 0 amide bonds. The summed E-state index contributed by atoms with van der Waals surface area (Å²) < 4.78 is 10.6. The van der Waals surface area contributed by atoms with E-state index in [2.05, 4.69) is 0 Å². The molecule has 4 nitrogen and oxygen atoms in total. The number of ketones is 2. The predicted octanol–water partition coefficient (Wildman–Crippen LogP) is 1.33. The maximum Gasteiger partial charge on any atom is 0.373 e. The number of para-hydroxylation sites is 2. The SMILES string of the molecule is CC(=O)C1(C(C)=O)Oc2ccccc2O1. The molecule has 4 heteroatoms. The number of carbonyl (C=O) groups excluding carboxylic acids is 2. The number of Topliss-reactive ketones (excluding diaryl/α,β-unsaturated/α-hetero) is 2. The van der Waals surface area contributed by atoms with Crippen LogP contribution < -0.4 is 9.47 Å². The molecule has 0 spiro atoms. The molecule has 15 heavy (non-hydrogen) atoms. The van der Waals surface area contributed by atoms with Gasteiger partial charge in [-0.1, -0.05) is 12.1 Å². The Bertz CT molecular complexity index is 395. The second-order valence-electron chi connectivity index (χ2n) is 3.38. The van der Waals surface area contributed by atoms with E-state index in [1.165, 1.54) is 13.8 Å². The van der Waals surface area contributed by atoms with Crippen LogP contribution in [0.15, 0.2) is 24.3 Å². The molecule has 0 fully saturated rings. The van der Waals surface area contributed by atoms with E-state index >= 15 is 0 Å². The molecule has 0 radical (unpaired) electrons. The maximum absolute atomic E-state index is 11.4. The van der Waals surface area contributed by atoms with Gasteiger partial charge in [0.2, 0.25) is 11.6 Å². The van der Waals surface area contributed by atoms with Gasteiger partial charge >= 0.3 is 5.79 Å². The van der Waals surface area contributed by atoms with Crippen molar-refractivity contribution in [2.45, 2.75) is 19.6 Å². The van der Waals surface area contributed by atoms with Crippen LogP contribution >= 0.6 is 0 Å². The Hall–Kier alpha value is -1.84. The number of benzene rings is 1. The molecule has 1 aromatic carbocycles. The predicted molar refractivity (Wildman–Crippen MR) is 51.8 cm³/mol. The molecular formula is C11H10O4. The van der Waals surface area contributed by atoms with Crippen molar-refractivity contribution in [3.8, 4) is 11.5 Å². The lowest BCUT2D eigenvalue weighted by molar-refractivity contribution is -0.165. The zero-order valence-corrected chi connectivity index (χ0v) is 8.44. The summed E-state index contributed by atoms with van der Waals surface area (Å²) in [6, 6.07) is 6.81. The Morgan fingerprint density at radius 1 is 1.00 bits per heavy atom. The monoisotopic (exact) mass is 206 g/mol. The average Bonchev–Trinajstić information content (AvgIpc) is 2.57. The van der Waals surface area contributed by atoms with E-state index in [1.807, 2.05) is 0 Å². The summed E-state index contributed by atoms with van der Waals surface area (Å²) in [5.41, 5.74) is 0. The van der Waals surface area contributed by atoms with Gasteiger partial charge in [-0.2, -0.15) is 0 Å². The molecule has 1 aliphatic heterocycles. The first-order valence-corrected chi connectivity index (χ1v) is 4.55. The second kappa shape index (κ2) is 3.08. The quantitative estimate of drug-likeness (QED) is 0.685. The molecule has 78 valence electrons. The molecule has 2 rings (SSSR count). The van der Waals surface area contributed by atoms with Crippen molar-refractivity contribution in [2.24, 2.45) is 0 Å². The smallest absolute Gasteiger partial charge is 0.373 e. The number of fused-ring (bicyclic) bond motifs is 1. The van der Waals surface area contributed by atoms with Crippen LogP contribution in [0.1, 0.15) is 13.8 Å². The molecule has 1 aromatic rings. The van der Waals surface area contributed by atoms with Gasteiger partial charge in [0, 0.05) is 13.8 Å². The Balaban J connectivity index is 2.45. The lowest BCUT2D eigenvalue weighted by Crippen LogP contribution is -2.51. The van der Waals surface area contributed by atoms with Crippen LogP contribution in [0.4, 0.5) is 0 Å². The fraction of sp³-hybridized carbons (Fsp3) is 0.273. The van der Waals surface area contributed by atoms with Gasteiger partial charge in [0.05, 0.1) is 0 Å². The Kier molecular flexibility index (Phi) is 2.00. The highest BCUT2D eigenvalue weighted by atomic mass is 16.7. The summed E-state index contributed by atoms with van der Waals surface area (Å²) in [5, 5.41) is 0. The fourth-order valence-electron chi connectivity index (χ4n) is 1.48. The van der Waals surface area contributed by atoms with E-state index in [-0.39, 0.29) is 0 Å². The van der Waals surface area contributed by atoms with Gasteiger partial charge in [0.15, 0.2) is 11.5 Å². The third kappa shape index (κ3) is 1.29. The first-order chi connectivity index (χ1) is 7.06. The van der Waals surface area contributed by atoms with Gasteiger partial charge in [0.25, 0.3) is 0 Å². The molecule has 0 atom stereocenters. The van der Waals surface area contributed by atoms with Crippen LogP contribution in [0, 0.1) is 0 Å². The Morgan fingerprint density at radius 2 is 1.40 bits per heavy atom. The van der Waals surface area contributed by atoms with E-state index in [0.717, 1.165) is 0 Å². The van der Waals surface area contributed by atoms with Crippen molar-refractivity contribution in [3.63, 3.8) is 0 Å². The van der Waals surface area contributed by atoms with Crippen molar-refractivity contribution in [3.05, 3.63) is 24.3 Å². The van der Waals surface area contributed by atoms with Crippen LogP contribution in [0.5, 0.6) is 11.5 Å². The van der Waals surface area contributed by atoms with Gasteiger partial charge in [-0.25, -0.2) is 0 Å². The fourth-order valence-corrected chi connectivity index (χ4v) is 1.48. The van der Waals surface area contributed by atoms with Crippen molar-refractivity contribution < 1.29 is 19.1 Å². The van der Waals surface area contributed by atoms with Crippen LogP contribution in [0.2, 0.25) is 0 Å². The van der Waals surface area contributed by atoms with Crippen LogP contribution in [0.3, 0.4) is 0 Å². The van der Waals surface area contributed by atoms with E-state index in [4.69, 9.17) is 9.47 Å². The maximum atomic E-state index is 11.4. The molecule has 0 aliphatic carbocycles. The van der Waals surface area contributed by atoms with E-state index in [9.17, 15) is 9.59 Å². The van der Waals surface area contributed by atoms with E-state index < -0.39 is 17.4 Å². The van der Waals surface area contributed by atoms with Crippen LogP contribution in [0.25, 0.3) is 0 Å². The van der Waals surface area contributed by atoms with Crippen molar-refractivity contribution in [1.82, 2.24) is 0 Å². The number of ether oxygens (including phenoxy) is 2. The molecule has 0 saturated heterocycles. The minimum Gasteiger partial charge on any atom is -0.436 e. The third-order valence-electron chi connectivity index (χ3n) is 2.28. The summed E-state index contributed by atoms with van der Waals surface area (Å²) in [4.78, 5) is 22.8. The number of carbonyl (C=O) groups is 2. The van der Waals surface area contributed by atoms with Gasteiger partial charge in [-0.05, 0) is 12.1 Å². The highest BCUT2D eigenvalue weighted by molar-refractivity contribution is 6.08. The molecule has 0 bridgehead atoms. The van der Waals surface area contributed by atoms with Gasteiger partial charge in [0.1, 0.15) is 0 Å². The lowest BCUT2D eigenvalue weighted by Gasteiger charge is -2.20. The second-order valence-corrected chi connectivity index (χ2v) is 3.38. The topological polar surface area (TPSA) is 52.6 Å². The van der Waals surface area contributed by atoms with Crippen molar-refractivity contribution in [1.29, 1.82) is 0 Å². The van der Waals surface area contributed by atoms with Gasteiger partial charge < -0.3 is 9.47 Å². The van der Waals surface area contributed by atoms with Crippen molar-refractivity contribution >= 4 is 11.6 Å². The third-order valence-corrected chi connectivity index (χ3v) is 2.28. The molecule has 0 aromatic heterocycles. The number of hydrogen-bond donors (Lipinski definition) is 0. The largest absolute Gasteiger partial charge is 0.436 e. The first-order valence-electron chi connectivity index (χ1n) is 4.55.